The van der Waals surface area contributed by atoms with E-state index in [1.54, 1.807) is 26.2 Å². The van der Waals surface area contributed by atoms with Crippen molar-refractivity contribution in [3.05, 3.63) is 29.6 Å². The number of aliphatic carboxylic acids is 1. The van der Waals surface area contributed by atoms with E-state index < -0.39 is 22.9 Å². The summed E-state index contributed by atoms with van der Waals surface area (Å²) in [7, 11) is 0. The van der Waals surface area contributed by atoms with Gasteiger partial charge in [-0.15, -0.1) is 0 Å². The van der Waals surface area contributed by atoms with Gasteiger partial charge in [0, 0.05) is 30.1 Å². The summed E-state index contributed by atoms with van der Waals surface area (Å²) in [5.74, 6) is 0.192. The van der Waals surface area contributed by atoms with Crippen molar-refractivity contribution in [1.82, 2.24) is 10.3 Å². The molecule has 276 valence electrons. The normalized spacial score (nSPS) is 40.6. The molecule has 8 nitrogen and oxygen atoms in total. The molecule has 8 heteroatoms. The first-order valence-electron chi connectivity index (χ1n) is 19.3. The predicted octanol–water partition coefficient (Wildman–Crippen LogP) is 8.20. The van der Waals surface area contributed by atoms with Gasteiger partial charge in [-0.1, -0.05) is 48.5 Å². The molecule has 2 N–H and O–H groups in total. The molecule has 0 bridgehead atoms. The Bertz CT molecular complexity index is 1570. The second-order valence-electron chi connectivity index (χ2n) is 19.7. The van der Waals surface area contributed by atoms with Gasteiger partial charge in [0.05, 0.1) is 22.9 Å². The molecule has 0 aromatic carbocycles. The number of rotatable bonds is 7. The summed E-state index contributed by atoms with van der Waals surface area (Å²) >= 11 is 0. The van der Waals surface area contributed by atoms with Crippen LogP contribution in [0.4, 0.5) is 0 Å². The molecule has 1 amide bonds. The van der Waals surface area contributed by atoms with Crippen LogP contribution in [0.2, 0.25) is 0 Å². The van der Waals surface area contributed by atoms with Crippen molar-refractivity contribution in [2.75, 3.05) is 0 Å². The van der Waals surface area contributed by atoms with Crippen molar-refractivity contribution < 1.29 is 29.0 Å². The number of amides is 1. The van der Waals surface area contributed by atoms with Crippen LogP contribution in [-0.2, 0) is 19.1 Å². The fourth-order valence-electron chi connectivity index (χ4n) is 13.3. The molecule has 5 saturated carbocycles. The Morgan fingerprint density at radius 2 is 1.66 bits per heavy atom. The quantitative estimate of drug-likeness (QED) is 0.277. The zero-order valence-corrected chi connectivity index (χ0v) is 32.3. The Kier molecular flexibility index (Phi) is 8.99. The van der Waals surface area contributed by atoms with Gasteiger partial charge in [0.15, 0.2) is 0 Å². The lowest BCUT2D eigenvalue weighted by Crippen LogP contribution is -2.69. The standard InChI is InChI=1S/C42H62N2O6/c1-24(2)33-28(45)20-42(44-35(47)26-19-25(3)22-43-23-26)18-17-40(9)27(34(33)42)11-12-30-39(8)15-14-31(50-32(46)21-37(4,5)36(48)49)38(6,7)29(39)13-16-41(30,40)10/h19,22-24,27,29-31,33-34H,11-18,20-21H2,1-10H3,(H,44,47)(H,48,49)/t27?,29?,30?,31-,33?,34?,39?,40+,41?,42+/m0/s1. The van der Waals surface area contributed by atoms with Crippen LogP contribution in [0.5, 0.6) is 0 Å². The number of carboxylic acids is 1. The largest absolute Gasteiger partial charge is 0.481 e. The van der Waals surface area contributed by atoms with E-state index in [0.29, 0.717) is 35.5 Å². The van der Waals surface area contributed by atoms with E-state index in [0.717, 1.165) is 56.9 Å². The fourth-order valence-corrected chi connectivity index (χ4v) is 13.3. The number of ketones is 1. The molecule has 5 fully saturated rings. The molecule has 1 aromatic rings. The first-order valence-corrected chi connectivity index (χ1v) is 19.3. The van der Waals surface area contributed by atoms with Gasteiger partial charge in [-0.25, -0.2) is 0 Å². The zero-order chi connectivity index (χ0) is 36.8. The highest BCUT2D eigenvalue weighted by atomic mass is 16.5. The van der Waals surface area contributed by atoms with Gasteiger partial charge in [-0.2, -0.15) is 0 Å². The van der Waals surface area contributed by atoms with Crippen LogP contribution in [0.25, 0.3) is 0 Å². The molecule has 1 heterocycles. The van der Waals surface area contributed by atoms with Crippen molar-refractivity contribution >= 4 is 23.6 Å². The Hall–Kier alpha value is -2.77. The third-order valence-corrected chi connectivity index (χ3v) is 15.9. The van der Waals surface area contributed by atoms with Gasteiger partial charge in [-0.05, 0) is 130 Å². The first-order chi connectivity index (χ1) is 23.1. The number of carbonyl (C=O) groups is 4. The molecule has 10 atom stereocenters. The van der Waals surface area contributed by atoms with E-state index >= 15 is 0 Å². The van der Waals surface area contributed by atoms with Crippen LogP contribution in [0, 0.1) is 69.5 Å². The number of fused-ring (bicyclic) bond motifs is 7. The van der Waals surface area contributed by atoms with Gasteiger partial charge in [0.1, 0.15) is 11.9 Å². The minimum absolute atomic E-state index is 0.0152. The van der Waals surface area contributed by atoms with Gasteiger partial charge < -0.3 is 15.2 Å². The predicted molar refractivity (Wildman–Crippen MR) is 192 cm³/mol. The number of ether oxygens (including phenoxy) is 1. The van der Waals surface area contributed by atoms with Crippen molar-refractivity contribution in [3.63, 3.8) is 0 Å². The number of hydrogen-bond acceptors (Lipinski definition) is 6. The molecule has 7 unspecified atom stereocenters. The minimum atomic E-state index is -1.16. The van der Waals surface area contributed by atoms with Crippen molar-refractivity contribution in [2.45, 2.75) is 145 Å². The van der Waals surface area contributed by atoms with Crippen LogP contribution < -0.4 is 5.32 Å². The maximum atomic E-state index is 14.0. The molecule has 50 heavy (non-hydrogen) atoms. The molecule has 0 radical (unpaired) electrons. The van der Waals surface area contributed by atoms with E-state index in [-0.39, 0.29) is 57.8 Å². The van der Waals surface area contributed by atoms with Crippen molar-refractivity contribution in [3.8, 4) is 0 Å². The maximum Gasteiger partial charge on any atom is 0.309 e. The molecular formula is C42H62N2O6. The highest BCUT2D eigenvalue weighted by Gasteiger charge is 2.72. The molecule has 1 aromatic heterocycles. The maximum absolute atomic E-state index is 14.0. The first kappa shape index (κ1) is 37.0. The molecule has 6 rings (SSSR count). The average molecular weight is 691 g/mol. The number of carboxylic acid groups (broad SMARTS) is 1. The number of aryl methyl sites for hydroxylation is 1. The van der Waals surface area contributed by atoms with Crippen molar-refractivity contribution in [1.29, 1.82) is 0 Å². The molecule has 0 aliphatic heterocycles. The Labute approximate surface area is 299 Å². The van der Waals surface area contributed by atoms with E-state index in [1.165, 1.54) is 0 Å². The van der Waals surface area contributed by atoms with E-state index in [9.17, 15) is 24.3 Å². The summed E-state index contributed by atoms with van der Waals surface area (Å²) in [5, 5.41) is 13.1. The number of carbonyl (C=O) groups excluding carboxylic acids is 3. The van der Waals surface area contributed by atoms with Crippen LogP contribution in [-0.4, -0.2) is 45.4 Å². The second kappa shape index (κ2) is 12.1. The molecule has 0 spiro atoms. The lowest BCUT2D eigenvalue weighted by Gasteiger charge is -2.73. The summed E-state index contributed by atoms with van der Waals surface area (Å²) in [6.07, 6.45) is 11.3. The van der Waals surface area contributed by atoms with Crippen molar-refractivity contribution in [2.24, 2.45) is 62.6 Å². The summed E-state index contributed by atoms with van der Waals surface area (Å²) in [6.45, 7) is 21.6. The monoisotopic (exact) mass is 690 g/mol. The Balaban J connectivity index is 1.29. The topological polar surface area (TPSA) is 123 Å². The van der Waals surface area contributed by atoms with E-state index in [4.69, 9.17) is 4.74 Å². The van der Waals surface area contributed by atoms with Crippen LogP contribution in [0.15, 0.2) is 18.5 Å². The minimum Gasteiger partial charge on any atom is -0.481 e. The lowest BCUT2D eigenvalue weighted by atomic mass is 9.32. The second-order valence-corrected chi connectivity index (χ2v) is 19.7. The molecular weight excluding hydrogens is 628 g/mol. The van der Waals surface area contributed by atoms with Gasteiger partial charge in [0.2, 0.25) is 0 Å². The number of nitrogens with one attached hydrogen (secondary N) is 1. The van der Waals surface area contributed by atoms with Gasteiger partial charge in [-0.3, -0.25) is 24.2 Å². The zero-order valence-electron chi connectivity index (χ0n) is 32.3. The molecule has 5 aliphatic rings. The van der Waals surface area contributed by atoms with E-state index in [2.05, 4.69) is 58.8 Å². The average Bonchev–Trinajstić information content (AvgIpc) is 3.30. The highest BCUT2D eigenvalue weighted by Crippen LogP contribution is 2.76. The smallest absolute Gasteiger partial charge is 0.309 e. The molecule has 5 aliphatic carbocycles. The SMILES string of the molecule is Cc1cncc(C(=O)N[C@@]23CC[C@]4(C)C(CCC5C6(C)CC[C@H](OC(=O)CC(C)(C)C(=O)O)C(C)(C)C6CCC54C)C2C(C(C)C)C(=O)C3)c1. The third kappa shape index (κ3) is 5.47. The number of esters is 1. The Morgan fingerprint density at radius 1 is 0.960 bits per heavy atom. The van der Waals surface area contributed by atoms with E-state index in [1.807, 2.05) is 13.0 Å². The van der Waals surface area contributed by atoms with Gasteiger partial charge >= 0.3 is 11.9 Å². The molecule has 0 saturated heterocycles. The fraction of sp³-hybridized carbons (Fsp3) is 0.786. The summed E-state index contributed by atoms with van der Waals surface area (Å²) < 4.78 is 6.15. The number of aromatic nitrogens is 1. The summed E-state index contributed by atoms with van der Waals surface area (Å²) in [5.41, 5.74) is -0.300. The van der Waals surface area contributed by atoms with Crippen LogP contribution in [0.1, 0.15) is 142 Å². The number of pyridine rings is 1. The lowest BCUT2D eigenvalue weighted by molar-refractivity contribution is -0.247. The van der Waals surface area contributed by atoms with Crippen LogP contribution in [0.3, 0.4) is 0 Å². The van der Waals surface area contributed by atoms with Crippen LogP contribution >= 0.6 is 0 Å². The summed E-state index contributed by atoms with van der Waals surface area (Å²) in [6, 6.07) is 1.89. The number of Topliss-reactive ketones (excluding diaryl/α,β-unsaturated/α-hetero) is 1. The van der Waals surface area contributed by atoms with Gasteiger partial charge in [0.25, 0.3) is 5.91 Å². The summed E-state index contributed by atoms with van der Waals surface area (Å²) in [4.78, 5) is 56.9. The third-order valence-electron chi connectivity index (χ3n) is 15.9. The number of nitrogens with zero attached hydrogens (tertiary/aromatic N) is 1. The highest BCUT2D eigenvalue weighted by molar-refractivity contribution is 5.96. The number of hydrogen-bond donors (Lipinski definition) is 2. The Morgan fingerprint density at radius 3 is 2.30 bits per heavy atom.